The van der Waals surface area contributed by atoms with Gasteiger partial charge in [-0.05, 0) is 94.1 Å². The van der Waals surface area contributed by atoms with Crippen molar-refractivity contribution in [1.29, 1.82) is 0 Å². The van der Waals surface area contributed by atoms with Crippen molar-refractivity contribution < 1.29 is 22.4 Å². The summed E-state index contributed by atoms with van der Waals surface area (Å²) in [6.45, 7) is 2.88. The summed E-state index contributed by atoms with van der Waals surface area (Å²) in [7, 11) is 66.0. The topological polar surface area (TPSA) is 58.4 Å². The Morgan fingerprint density at radius 3 is 1.88 bits per heavy atom. The fraction of sp³-hybridized carbons (Fsp3) is 0.361. The largest absolute Gasteiger partial charge is 0.416 e. The zero-order valence-corrected chi connectivity index (χ0v) is 32.2. The van der Waals surface area contributed by atoms with Crippen LogP contribution in [-0.4, -0.2) is 127 Å². The average molecular weight is 765 g/mol. The van der Waals surface area contributed by atoms with E-state index in [9.17, 15) is 27.2 Å². The van der Waals surface area contributed by atoms with E-state index in [4.69, 9.17) is 78.5 Å². The van der Waals surface area contributed by atoms with E-state index in [2.05, 4.69) is 4.98 Å². The molecule has 0 saturated heterocycles. The molecule has 1 aliphatic carbocycles. The summed E-state index contributed by atoms with van der Waals surface area (Å²) in [5, 5.41) is -4.56. The maximum atomic E-state index is 14.9. The maximum absolute atomic E-state index is 14.9. The van der Waals surface area contributed by atoms with Gasteiger partial charge in [-0.1, -0.05) is 71.7 Å². The van der Waals surface area contributed by atoms with Crippen LogP contribution >= 0.6 is 11.8 Å². The minimum atomic E-state index is -4.60. The summed E-state index contributed by atoms with van der Waals surface area (Å²) in [5.74, 6) is -1.33. The number of carbonyl (C=O) groups is 1. The third kappa shape index (κ3) is 8.71. The van der Waals surface area contributed by atoms with E-state index in [-0.39, 0.29) is 56.8 Å². The molecule has 0 atom stereocenters. The van der Waals surface area contributed by atoms with Crippen molar-refractivity contribution in [1.82, 2.24) is 19.4 Å². The molecule has 6 nitrogen and oxygen atoms in total. The molecular formula is C36H28B10F4N4O2S. The maximum Gasteiger partial charge on any atom is 0.416 e. The van der Waals surface area contributed by atoms with Crippen LogP contribution in [0.15, 0.2) is 58.5 Å². The summed E-state index contributed by atoms with van der Waals surface area (Å²) in [6.07, 6.45) is -3.23. The van der Waals surface area contributed by atoms with Gasteiger partial charge in [-0.25, -0.2) is 4.39 Å². The average Bonchev–Trinajstić information content (AvgIpc) is 3.64. The zero-order valence-electron chi connectivity index (χ0n) is 31.4. The van der Waals surface area contributed by atoms with Crippen LogP contribution in [0.2, 0.25) is 0 Å². The highest BCUT2D eigenvalue weighted by atomic mass is 32.2. The predicted molar refractivity (Wildman–Crippen MR) is 226 cm³/mol. The molecule has 57 heavy (non-hydrogen) atoms. The first-order chi connectivity index (χ1) is 26.5. The van der Waals surface area contributed by atoms with Gasteiger partial charge in [0, 0.05) is 17.8 Å². The number of nitrogens with zero attached hydrogens (tertiary/aromatic N) is 4. The molecule has 4 aromatic rings. The Bertz CT molecular complexity index is 2190. The number of rotatable bonds is 13. The van der Waals surface area contributed by atoms with Gasteiger partial charge in [0.05, 0.1) is 52.6 Å². The molecule has 3 aromatic carbocycles. The van der Waals surface area contributed by atoms with Crippen LogP contribution < -0.4 is 27.4 Å². The van der Waals surface area contributed by atoms with Crippen LogP contribution in [0.5, 0.6) is 0 Å². The Morgan fingerprint density at radius 1 is 0.807 bits per heavy atom. The van der Waals surface area contributed by atoms with Crippen molar-refractivity contribution in [2.45, 2.75) is 72.8 Å². The molecule has 0 unspecified atom stereocenters. The molecule has 1 heterocycles. The van der Waals surface area contributed by atoms with Crippen molar-refractivity contribution in [2.75, 3.05) is 13.1 Å². The number of thioether (sulfide) groups is 1. The second-order valence-electron chi connectivity index (χ2n) is 13.9. The number of hydrogen-bond acceptors (Lipinski definition) is 5. The lowest BCUT2D eigenvalue weighted by atomic mass is 9.36. The second-order valence-corrected chi connectivity index (χ2v) is 15.1. The number of likely N-dealkylation sites (N-methyl/N-ethyl adjacent to an activating group) is 1. The highest BCUT2D eigenvalue weighted by molar-refractivity contribution is 8.02. The van der Waals surface area contributed by atoms with E-state index in [1.54, 1.807) is 13.8 Å². The zero-order chi connectivity index (χ0) is 42.4. The van der Waals surface area contributed by atoms with Gasteiger partial charge in [-0.2, -0.15) is 18.2 Å². The monoisotopic (exact) mass is 766 g/mol. The van der Waals surface area contributed by atoms with Gasteiger partial charge in [0.2, 0.25) is 5.91 Å². The number of aromatic nitrogens is 2. The lowest BCUT2D eigenvalue weighted by molar-refractivity contribution is -0.137. The van der Waals surface area contributed by atoms with E-state index < -0.39 is 57.3 Å². The Morgan fingerprint density at radius 2 is 1.35 bits per heavy atom. The first kappa shape index (κ1) is 44.8. The Kier molecular flexibility index (Phi) is 13.2. The molecule has 0 aliphatic heterocycles. The number of benzene rings is 3. The summed E-state index contributed by atoms with van der Waals surface area (Å²) in [5.41, 5.74) is -0.677. The van der Waals surface area contributed by atoms with E-state index in [0.29, 0.717) is 36.1 Å². The molecule has 0 saturated carbocycles. The van der Waals surface area contributed by atoms with Gasteiger partial charge < -0.3 is 14.4 Å². The quantitative estimate of drug-likeness (QED) is 0.0784. The van der Waals surface area contributed by atoms with Crippen LogP contribution in [0.1, 0.15) is 48.2 Å². The molecule has 1 aliphatic rings. The van der Waals surface area contributed by atoms with Crippen LogP contribution in [0, 0.1) is 5.82 Å². The van der Waals surface area contributed by atoms with E-state index in [1.807, 2.05) is 0 Å². The summed E-state index contributed by atoms with van der Waals surface area (Å²) in [6, 6.07) is 9.17. The third-order valence-corrected chi connectivity index (χ3v) is 11.4. The Labute approximate surface area is 348 Å². The number of alkyl halides is 3. The van der Waals surface area contributed by atoms with Gasteiger partial charge in [0.1, 0.15) is 43.7 Å². The van der Waals surface area contributed by atoms with Crippen molar-refractivity contribution in [3.63, 3.8) is 0 Å². The summed E-state index contributed by atoms with van der Waals surface area (Å²) >= 11 is 0.764. The Balaban J connectivity index is 1.64. The van der Waals surface area contributed by atoms with Crippen molar-refractivity contribution in [3.05, 3.63) is 92.6 Å². The van der Waals surface area contributed by atoms with Crippen LogP contribution in [0.4, 0.5) is 17.6 Å². The number of halogens is 4. The fourth-order valence-corrected chi connectivity index (χ4v) is 7.93. The second kappa shape index (κ2) is 16.7. The standard InChI is InChI=1S/C36H28B10F4N4O2S/c1-3-52(4-2)35(43,44)36(45,46)54(16-23-27(37)29(39)26(30(40)28(23)38)18-8-10-20(11-9-18)34(48,49)50)25(55)17-53-24-7-5-6-22(24)31(56)51-32(53)57-33(41,42)19-12-14-21(47)15-13-19/h8-15H,3-7,16-17H2,1-2H3. The normalized spacial score (nSPS) is 13.5. The minimum absolute atomic E-state index is 0.0123. The molecule has 0 N–H and O–H groups in total. The molecule has 1 aromatic heterocycles. The number of fused-ring (bicyclic) bond motifs is 1. The Hall–Kier alpha value is -3.31. The molecule has 5 rings (SSSR count). The lowest BCUT2D eigenvalue weighted by Crippen LogP contribution is -2.74. The first-order valence-electron chi connectivity index (χ1n) is 17.8. The van der Waals surface area contributed by atoms with Gasteiger partial charge in [-0.3, -0.25) is 9.59 Å². The van der Waals surface area contributed by atoms with E-state index in [0.717, 1.165) is 28.8 Å². The number of amides is 1. The van der Waals surface area contributed by atoms with Crippen molar-refractivity contribution >= 4 is 118 Å². The van der Waals surface area contributed by atoms with Crippen LogP contribution in [0.3, 0.4) is 0 Å². The first-order valence-corrected chi connectivity index (χ1v) is 18.6. The molecule has 0 fully saturated rings. The number of carbonyl (C=O) groups excluding carboxylic acids is 1. The van der Waals surface area contributed by atoms with E-state index in [1.165, 1.54) is 45.9 Å². The highest BCUT2D eigenvalue weighted by Gasteiger charge is 2.45. The fourth-order valence-electron chi connectivity index (χ4n) is 6.96. The third-order valence-electron chi connectivity index (χ3n) is 10.3. The van der Waals surface area contributed by atoms with Crippen LogP contribution in [-0.2, 0) is 41.4 Å². The van der Waals surface area contributed by atoms with Gasteiger partial charge in [0.25, 0.3) is 5.56 Å². The van der Waals surface area contributed by atoms with Gasteiger partial charge in [0.15, 0.2) is 5.16 Å². The smallest absolute Gasteiger partial charge is 0.348 e. The van der Waals surface area contributed by atoms with Crippen molar-refractivity contribution in [3.8, 4) is 11.1 Å². The van der Waals surface area contributed by atoms with Crippen molar-refractivity contribution in [2.24, 2.45) is 0 Å². The molecule has 21 heteroatoms. The number of hydrogen-bond donors (Lipinski definition) is 0. The minimum Gasteiger partial charge on any atom is -0.348 e. The van der Waals surface area contributed by atoms with Gasteiger partial charge in [-0.15, -0.1) is 0 Å². The van der Waals surface area contributed by atoms with Gasteiger partial charge >= 0.3 is 6.18 Å². The molecular weight excluding hydrogens is 737 g/mol. The highest BCUT2D eigenvalue weighted by Crippen LogP contribution is 2.37. The summed E-state index contributed by atoms with van der Waals surface area (Å²) < 4.78 is 53.4. The predicted octanol–water partition coefficient (Wildman–Crippen LogP) is -0.676. The molecule has 268 valence electrons. The SMILES string of the molecule is [B]c1c([B])c(-c2ccc(C(F)(F)F)cc2)c([B])c([B])c1CN(C(=O)Cn1c(SC([B])([B])c2ccc(F)cc2)nc(=O)c2c1CCC2)C([B])([B])C([B])([B])N(CC)CC. The van der Waals surface area contributed by atoms with Crippen LogP contribution in [0.25, 0.3) is 11.1 Å². The molecule has 20 radical (unpaired) electrons. The molecule has 0 spiro atoms. The molecule has 0 bridgehead atoms. The summed E-state index contributed by atoms with van der Waals surface area (Å²) in [4.78, 5) is 34.8. The van der Waals surface area contributed by atoms with E-state index >= 15 is 0 Å². The molecule has 1 amide bonds. The lowest BCUT2D eigenvalue weighted by Gasteiger charge is -2.57.